The predicted octanol–water partition coefficient (Wildman–Crippen LogP) is 7.57. The van der Waals surface area contributed by atoms with E-state index in [-0.39, 0.29) is 44.2 Å². The third kappa shape index (κ3) is 15.2. The van der Waals surface area contributed by atoms with Crippen molar-refractivity contribution in [1.82, 2.24) is 20.1 Å². The summed E-state index contributed by atoms with van der Waals surface area (Å²) in [6.45, 7) is 20.7. The fourth-order valence-electron chi connectivity index (χ4n) is 6.30. The smallest absolute Gasteiger partial charge is 0.407 e. The molecule has 0 aliphatic heterocycles. The number of benzene rings is 2. The van der Waals surface area contributed by atoms with Crippen LogP contribution in [-0.2, 0) is 30.4 Å². The van der Waals surface area contributed by atoms with Crippen LogP contribution in [0.3, 0.4) is 0 Å². The third-order valence-corrected chi connectivity index (χ3v) is 12.9. The highest BCUT2D eigenvalue weighted by Gasteiger charge is 2.37. The molecule has 2 aromatic carbocycles. The standard InChI is InChI=1S/C42H63F2N5O6Si2/c1-29(50)49(19-18-35(47-41(53)55-21-23-57(8,9)10)39(51)46-36(26-45)40(52)54-20-22-56(5,6)7)38(42(2,3)4)37-24-31(33-25-32(43)16-17-34(33)44)28-48(37)27-30-14-12-11-13-15-30/h11-17,24-25,28,35-36,38H,18-23,26-27,45H2,1-10H3,(H,46,51)(H,47,53). The molecule has 1 aromatic heterocycles. The molecular weight excluding hydrogens is 765 g/mol. The van der Waals surface area contributed by atoms with E-state index in [9.17, 15) is 23.6 Å². The number of alkyl carbamates (subject to hydrolysis) is 1. The fraction of sp³-hybridized carbons (Fsp3) is 0.524. The van der Waals surface area contributed by atoms with E-state index in [0.29, 0.717) is 23.8 Å². The van der Waals surface area contributed by atoms with Crippen LogP contribution in [0.5, 0.6) is 0 Å². The summed E-state index contributed by atoms with van der Waals surface area (Å²) in [5.74, 6) is -2.87. The van der Waals surface area contributed by atoms with Gasteiger partial charge in [-0.3, -0.25) is 9.59 Å². The minimum atomic E-state index is -1.54. The Hall–Kier alpha value is -4.35. The van der Waals surface area contributed by atoms with Crippen LogP contribution in [0, 0.1) is 17.0 Å². The van der Waals surface area contributed by atoms with Crippen molar-refractivity contribution in [2.24, 2.45) is 11.1 Å². The van der Waals surface area contributed by atoms with Gasteiger partial charge in [0.2, 0.25) is 11.8 Å². The number of amides is 3. The van der Waals surface area contributed by atoms with Gasteiger partial charge in [0.05, 0.1) is 19.3 Å². The second-order valence-electron chi connectivity index (χ2n) is 18.1. The molecule has 3 atom stereocenters. The monoisotopic (exact) mass is 827 g/mol. The molecule has 3 aromatic rings. The molecule has 4 N–H and O–H groups in total. The van der Waals surface area contributed by atoms with Crippen LogP contribution in [0.1, 0.15) is 51.4 Å². The number of rotatable bonds is 19. The lowest BCUT2D eigenvalue weighted by atomic mass is 9.82. The summed E-state index contributed by atoms with van der Waals surface area (Å²) in [5, 5.41) is 5.31. The Labute approximate surface area is 339 Å². The Morgan fingerprint density at radius 2 is 1.47 bits per heavy atom. The van der Waals surface area contributed by atoms with Gasteiger partial charge in [0.25, 0.3) is 0 Å². The summed E-state index contributed by atoms with van der Waals surface area (Å²) in [7, 11) is -3.05. The first-order valence-electron chi connectivity index (χ1n) is 19.6. The zero-order chi connectivity index (χ0) is 42.7. The summed E-state index contributed by atoms with van der Waals surface area (Å²) in [5.41, 5.74) is 7.41. The number of aromatic nitrogens is 1. The second kappa shape index (κ2) is 20.4. The Morgan fingerprint density at radius 1 is 0.860 bits per heavy atom. The molecule has 0 saturated heterocycles. The maximum atomic E-state index is 15.2. The minimum absolute atomic E-state index is 0.0152. The van der Waals surface area contributed by atoms with Gasteiger partial charge in [0.15, 0.2) is 0 Å². The first kappa shape index (κ1) is 47.0. The van der Waals surface area contributed by atoms with Gasteiger partial charge in [-0.2, -0.15) is 0 Å². The normalized spacial score (nSPS) is 13.6. The highest BCUT2D eigenvalue weighted by Crippen LogP contribution is 2.41. The molecule has 57 heavy (non-hydrogen) atoms. The molecule has 15 heteroatoms. The van der Waals surface area contributed by atoms with Crippen LogP contribution in [0.2, 0.25) is 51.4 Å². The second-order valence-corrected chi connectivity index (χ2v) is 29.3. The summed E-state index contributed by atoms with van der Waals surface area (Å²) in [6, 6.07) is 13.1. The zero-order valence-electron chi connectivity index (χ0n) is 35.3. The third-order valence-electron chi connectivity index (χ3n) is 9.47. The Bertz CT molecular complexity index is 1820. The van der Waals surface area contributed by atoms with E-state index in [1.165, 1.54) is 6.92 Å². The molecule has 0 bridgehead atoms. The van der Waals surface area contributed by atoms with Crippen LogP contribution >= 0.6 is 0 Å². The van der Waals surface area contributed by atoms with E-state index >= 15 is 4.39 Å². The van der Waals surface area contributed by atoms with Crippen molar-refractivity contribution in [3.63, 3.8) is 0 Å². The van der Waals surface area contributed by atoms with Gasteiger partial charge >= 0.3 is 12.1 Å². The molecule has 3 amide bonds. The quantitative estimate of drug-likeness (QED) is 0.0836. The lowest BCUT2D eigenvalue weighted by Gasteiger charge is -2.41. The molecule has 314 valence electrons. The number of nitrogens with one attached hydrogen (secondary N) is 2. The molecule has 0 radical (unpaired) electrons. The number of carbonyl (C=O) groups excluding carboxylic acids is 4. The van der Waals surface area contributed by atoms with Gasteiger partial charge in [-0.25, -0.2) is 18.4 Å². The van der Waals surface area contributed by atoms with Gasteiger partial charge in [-0.05, 0) is 53.8 Å². The first-order chi connectivity index (χ1) is 26.5. The lowest BCUT2D eigenvalue weighted by molar-refractivity contribution is -0.147. The van der Waals surface area contributed by atoms with Crippen LogP contribution in [0.15, 0.2) is 60.8 Å². The van der Waals surface area contributed by atoms with E-state index in [2.05, 4.69) is 49.9 Å². The predicted molar refractivity (Wildman–Crippen MR) is 226 cm³/mol. The molecule has 11 nitrogen and oxygen atoms in total. The van der Waals surface area contributed by atoms with Crippen molar-refractivity contribution in [2.75, 3.05) is 26.3 Å². The summed E-state index contributed by atoms with van der Waals surface area (Å²) in [4.78, 5) is 55.3. The van der Waals surface area contributed by atoms with Gasteiger partial charge in [0, 0.05) is 65.7 Å². The maximum Gasteiger partial charge on any atom is 0.407 e. The molecule has 0 aliphatic carbocycles. The van der Waals surface area contributed by atoms with Crippen molar-refractivity contribution in [3.8, 4) is 11.1 Å². The average Bonchev–Trinajstić information content (AvgIpc) is 3.49. The van der Waals surface area contributed by atoms with Crippen LogP contribution in [0.4, 0.5) is 13.6 Å². The van der Waals surface area contributed by atoms with Gasteiger partial charge in [0.1, 0.15) is 23.7 Å². The van der Waals surface area contributed by atoms with Crippen molar-refractivity contribution in [1.29, 1.82) is 0 Å². The summed E-state index contributed by atoms with van der Waals surface area (Å²) in [6.07, 6.45) is 0.880. The maximum absolute atomic E-state index is 15.2. The molecule has 1 heterocycles. The number of carbonyl (C=O) groups is 4. The SMILES string of the molecule is CC(=O)N(CCC(NC(=O)OCC[Si](C)(C)C)C(=O)NC(CN)C(=O)OCC[Si](C)(C)C)C(c1cc(-c2cc(F)ccc2F)cn1Cc1ccccc1)C(C)(C)C. The molecule has 3 rings (SSSR count). The van der Waals surface area contributed by atoms with E-state index < -0.39 is 69.3 Å². The minimum Gasteiger partial charge on any atom is -0.464 e. The Morgan fingerprint density at radius 3 is 2.04 bits per heavy atom. The van der Waals surface area contributed by atoms with Gasteiger partial charge in [-0.15, -0.1) is 0 Å². The number of halogens is 2. The van der Waals surface area contributed by atoms with E-state index in [4.69, 9.17) is 15.2 Å². The summed E-state index contributed by atoms with van der Waals surface area (Å²) < 4.78 is 42.5. The van der Waals surface area contributed by atoms with E-state index in [0.717, 1.165) is 29.8 Å². The van der Waals surface area contributed by atoms with Crippen LogP contribution in [0.25, 0.3) is 11.1 Å². The number of nitrogens with two attached hydrogens (primary N) is 1. The fourth-order valence-corrected chi connectivity index (χ4v) is 7.72. The van der Waals surface area contributed by atoms with Crippen molar-refractivity contribution >= 4 is 40.0 Å². The molecule has 0 spiro atoms. The number of hydrogen-bond acceptors (Lipinski definition) is 7. The lowest BCUT2D eigenvalue weighted by Crippen LogP contribution is -2.55. The molecule has 0 saturated carbocycles. The zero-order valence-corrected chi connectivity index (χ0v) is 37.3. The highest BCUT2D eigenvalue weighted by molar-refractivity contribution is 6.76. The number of ether oxygens (including phenoxy) is 2. The van der Waals surface area contributed by atoms with Gasteiger partial charge < -0.3 is 35.3 Å². The molecule has 3 unspecified atom stereocenters. The largest absolute Gasteiger partial charge is 0.464 e. The Balaban J connectivity index is 2.01. The van der Waals surface area contributed by atoms with Crippen LogP contribution in [-0.4, -0.2) is 87.9 Å². The molecule has 0 fully saturated rings. The summed E-state index contributed by atoms with van der Waals surface area (Å²) >= 11 is 0. The highest BCUT2D eigenvalue weighted by atomic mass is 28.3. The topological polar surface area (TPSA) is 145 Å². The van der Waals surface area contributed by atoms with Crippen molar-refractivity contribution in [3.05, 3.63) is 83.7 Å². The van der Waals surface area contributed by atoms with E-state index in [1.54, 1.807) is 17.2 Å². The number of esters is 1. The molecular formula is C42H63F2N5O6Si2. The number of nitrogens with zero attached hydrogens (tertiary/aromatic N) is 2. The Kier molecular flexibility index (Phi) is 16.8. The van der Waals surface area contributed by atoms with Crippen molar-refractivity contribution < 1.29 is 37.4 Å². The van der Waals surface area contributed by atoms with E-state index in [1.807, 2.05) is 55.7 Å². The van der Waals surface area contributed by atoms with Crippen molar-refractivity contribution in [2.45, 2.75) is 110 Å². The average molecular weight is 828 g/mol. The first-order valence-corrected chi connectivity index (χ1v) is 27.0. The molecule has 0 aliphatic rings. The van der Waals surface area contributed by atoms with Gasteiger partial charge in [-0.1, -0.05) is 90.4 Å². The number of hydrogen-bond donors (Lipinski definition) is 3. The van der Waals surface area contributed by atoms with Crippen LogP contribution < -0.4 is 16.4 Å².